The van der Waals surface area contributed by atoms with Crippen LogP contribution in [-0.2, 0) is 6.42 Å². The summed E-state index contributed by atoms with van der Waals surface area (Å²) in [6.07, 6.45) is 3.31. The second kappa shape index (κ2) is 6.95. The number of hydrogen-bond donors (Lipinski definition) is 1. The van der Waals surface area contributed by atoms with Crippen molar-refractivity contribution in [3.05, 3.63) is 28.2 Å². The van der Waals surface area contributed by atoms with Gasteiger partial charge in [-0.2, -0.15) is 0 Å². The molecule has 1 aliphatic rings. The van der Waals surface area contributed by atoms with Crippen molar-refractivity contribution in [2.24, 2.45) is 17.6 Å². The Morgan fingerprint density at radius 2 is 2.15 bits per heavy atom. The van der Waals surface area contributed by atoms with E-state index >= 15 is 0 Å². The van der Waals surface area contributed by atoms with Crippen molar-refractivity contribution < 1.29 is 0 Å². The monoisotopic (exact) mass is 338 g/mol. The standard InChI is InChI=1S/C17H27BrN2/c1-4-16(19)10-14-9-15(18)5-6-17(14)20-8-7-13(11-20)12(2)3/h5-6,9,12-13,16H,4,7-8,10-11,19H2,1-3H3. The third kappa shape index (κ3) is 3.76. The molecule has 2 unspecified atom stereocenters. The van der Waals surface area contributed by atoms with Crippen LogP contribution < -0.4 is 10.6 Å². The van der Waals surface area contributed by atoms with E-state index in [9.17, 15) is 0 Å². The number of halogens is 1. The number of nitrogens with two attached hydrogens (primary N) is 1. The molecular weight excluding hydrogens is 312 g/mol. The zero-order valence-electron chi connectivity index (χ0n) is 12.9. The highest BCUT2D eigenvalue weighted by atomic mass is 79.9. The molecule has 1 aromatic rings. The van der Waals surface area contributed by atoms with Gasteiger partial charge in [0.25, 0.3) is 0 Å². The smallest absolute Gasteiger partial charge is 0.0400 e. The fourth-order valence-corrected chi connectivity index (χ4v) is 3.41. The molecule has 0 saturated carbocycles. The van der Waals surface area contributed by atoms with E-state index in [1.54, 1.807) is 0 Å². The van der Waals surface area contributed by atoms with E-state index in [-0.39, 0.29) is 6.04 Å². The fourth-order valence-electron chi connectivity index (χ4n) is 3.00. The van der Waals surface area contributed by atoms with Crippen LogP contribution in [0.5, 0.6) is 0 Å². The van der Waals surface area contributed by atoms with Crippen molar-refractivity contribution in [1.82, 2.24) is 0 Å². The molecule has 0 radical (unpaired) electrons. The van der Waals surface area contributed by atoms with Gasteiger partial charge in [0.15, 0.2) is 0 Å². The number of nitrogens with zero attached hydrogens (tertiary/aromatic N) is 1. The van der Waals surface area contributed by atoms with Crippen molar-refractivity contribution >= 4 is 21.6 Å². The van der Waals surface area contributed by atoms with E-state index < -0.39 is 0 Å². The van der Waals surface area contributed by atoms with E-state index in [2.05, 4.69) is 59.8 Å². The third-order valence-corrected chi connectivity index (χ3v) is 5.05. The van der Waals surface area contributed by atoms with Gasteiger partial charge in [0, 0.05) is 29.3 Å². The summed E-state index contributed by atoms with van der Waals surface area (Å²) in [4.78, 5) is 2.55. The second-order valence-electron chi connectivity index (χ2n) is 6.38. The largest absolute Gasteiger partial charge is 0.371 e. The van der Waals surface area contributed by atoms with Gasteiger partial charge in [-0.15, -0.1) is 0 Å². The summed E-state index contributed by atoms with van der Waals surface area (Å²) in [6.45, 7) is 9.20. The molecule has 1 aliphatic heterocycles. The minimum Gasteiger partial charge on any atom is -0.371 e. The van der Waals surface area contributed by atoms with Gasteiger partial charge in [0.05, 0.1) is 0 Å². The van der Waals surface area contributed by atoms with Gasteiger partial charge in [-0.25, -0.2) is 0 Å². The summed E-state index contributed by atoms with van der Waals surface area (Å²) in [5.41, 5.74) is 8.94. The van der Waals surface area contributed by atoms with E-state index in [0.29, 0.717) is 0 Å². The van der Waals surface area contributed by atoms with Gasteiger partial charge in [-0.1, -0.05) is 36.7 Å². The van der Waals surface area contributed by atoms with Gasteiger partial charge >= 0.3 is 0 Å². The Bertz CT molecular complexity index is 445. The molecule has 112 valence electrons. The topological polar surface area (TPSA) is 29.3 Å². The highest BCUT2D eigenvalue weighted by molar-refractivity contribution is 9.10. The minimum absolute atomic E-state index is 0.256. The van der Waals surface area contributed by atoms with E-state index in [0.717, 1.165) is 29.2 Å². The molecule has 2 rings (SSSR count). The van der Waals surface area contributed by atoms with Crippen molar-refractivity contribution in [1.29, 1.82) is 0 Å². The lowest BCUT2D eigenvalue weighted by atomic mass is 9.95. The molecule has 0 aliphatic carbocycles. The quantitative estimate of drug-likeness (QED) is 0.871. The van der Waals surface area contributed by atoms with Crippen LogP contribution in [0.4, 0.5) is 5.69 Å². The Morgan fingerprint density at radius 3 is 2.75 bits per heavy atom. The summed E-state index contributed by atoms with van der Waals surface area (Å²) >= 11 is 3.59. The van der Waals surface area contributed by atoms with Gasteiger partial charge in [0.2, 0.25) is 0 Å². The molecule has 0 aromatic heterocycles. The Kier molecular flexibility index (Phi) is 5.50. The summed E-state index contributed by atoms with van der Waals surface area (Å²) in [5.74, 6) is 1.60. The van der Waals surface area contributed by atoms with Crippen LogP contribution >= 0.6 is 15.9 Å². The average Bonchev–Trinajstić information content (AvgIpc) is 2.88. The number of rotatable bonds is 5. The van der Waals surface area contributed by atoms with Crippen LogP contribution in [0.2, 0.25) is 0 Å². The molecule has 1 heterocycles. The summed E-state index contributed by atoms with van der Waals surface area (Å²) in [7, 11) is 0. The molecule has 0 bridgehead atoms. The van der Waals surface area contributed by atoms with Crippen molar-refractivity contribution in [2.75, 3.05) is 18.0 Å². The normalized spacial score (nSPS) is 20.7. The highest BCUT2D eigenvalue weighted by Crippen LogP contribution is 2.32. The zero-order valence-corrected chi connectivity index (χ0v) is 14.5. The maximum atomic E-state index is 6.16. The van der Waals surface area contributed by atoms with Crippen LogP contribution in [0.3, 0.4) is 0 Å². The first-order chi connectivity index (χ1) is 9.51. The van der Waals surface area contributed by atoms with Gasteiger partial charge in [0.1, 0.15) is 0 Å². The first kappa shape index (κ1) is 15.8. The maximum absolute atomic E-state index is 6.16. The first-order valence-corrected chi connectivity index (χ1v) is 8.59. The predicted octanol–water partition coefficient (Wildman–Crippen LogP) is 4.21. The molecule has 1 saturated heterocycles. The molecule has 2 nitrogen and oxygen atoms in total. The Hall–Kier alpha value is -0.540. The van der Waals surface area contributed by atoms with E-state index in [4.69, 9.17) is 5.73 Å². The molecule has 20 heavy (non-hydrogen) atoms. The van der Waals surface area contributed by atoms with Crippen LogP contribution in [-0.4, -0.2) is 19.1 Å². The molecule has 3 heteroatoms. The fraction of sp³-hybridized carbons (Fsp3) is 0.647. The van der Waals surface area contributed by atoms with E-state index in [1.165, 1.54) is 30.8 Å². The molecule has 0 amide bonds. The maximum Gasteiger partial charge on any atom is 0.0400 e. The van der Waals surface area contributed by atoms with Gasteiger partial charge in [-0.05, 0) is 54.9 Å². The summed E-state index contributed by atoms with van der Waals surface area (Å²) in [5, 5.41) is 0. The average molecular weight is 339 g/mol. The second-order valence-corrected chi connectivity index (χ2v) is 7.30. The SMILES string of the molecule is CCC(N)Cc1cc(Br)ccc1N1CCC(C(C)C)C1. The van der Waals surface area contributed by atoms with Crippen LogP contribution in [0.1, 0.15) is 39.2 Å². The number of anilines is 1. The van der Waals surface area contributed by atoms with Gasteiger partial charge in [-0.3, -0.25) is 0 Å². The zero-order chi connectivity index (χ0) is 14.7. The predicted molar refractivity (Wildman–Crippen MR) is 91.3 cm³/mol. The molecule has 0 spiro atoms. The Balaban J connectivity index is 2.19. The van der Waals surface area contributed by atoms with Crippen LogP contribution in [0.25, 0.3) is 0 Å². The summed E-state index contributed by atoms with van der Waals surface area (Å²) in [6, 6.07) is 6.91. The minimum atomic E-state index is 0.256. The Morgan fingerprint density at radius 1 is 1.40 bits per heavy atom. The van der Waals surface area contributed by atoms with Crippen molar-refractivity contribution in [2.45, 2.75) is 46.1 Å². The molecule has 2 N–H and O–H groups in total. The molecular formula is C17H27BrN2. The number of hydrogen-bond acceptors (Lipinski definition) is 2. The van der Waals surface area contributed by atoms with Crippen molar-refractivity contribution in [3.63, 3.8) is 0 Å². The Labute approximate surface area is 131 Å². The van der Waals surface area contributed by atoms with Crippen LogP contribution in [0, 0.1) is 11.8 Å². The lowest BCUT2D eigenvalue weighted by Gasteiger charge is -2.24. The van der Waals surface area contributed by atoms with E-state index in [1.807, 2.05) is 0 Å². The third-order valence-electron chi connectivity index (χ3n) is 4.56. The summed E-state index contributed by atoms with van der Waals surface area (Å²) < 4.78 is 1.15. The molecule has 2 atom stereocenters. The molecule has 1 aromatic carbocycles. The van der Waals surface area contributed by atoms with Crippen LogP contribution in [0.15, 0.2) is 22.7 Å². The lowest BCUT2D eigenvalue weighted by molar-refractivity contribution is 0.422. The number of benzene rings is 1. The lowest BCUT2D eigenvalue weighted by Crippen LogP contribution is -2.26. The van der Waals surface area contributed by atoms with Gasteiger partial charge < -0.3 is 10.6 Å². The van der Waals surface area contributed by atoms with Crippen molar-refractivity contribution in [3.8, 4) is 0 Å². The highest BCUT2D eigenvalue weighted by Gasteiger charge is 2.26. The first-order valence-electron chi connectivity index (χ1n) is 7.80. The molecule has 1 fully saturated rings.